The van der Waals surface area contributed by atoms with E-state index in [9.17, 15) is 13.6 Å². The SMILES string of the molecule is NC1=N[C@](CF)(c2cc(NC(=O)c3cc4c(cn3)OCCO4)ccc2F)[C@H]2OCC[C@H]2O1. The summed E-state index contributed by atoms with van der Waals surface area (Å²) in [5.41, 5.74) is 4.26. The molecule has 3 aliphatic heterocycles. The molecule has 0 saturated carbocycles. The number of anilines is 1. The van der Waals surface area contributed by atoms with Gasteiger partial charge < -0.3 is 30.0 Å². The van der Waals surface area contributed by atoms with Crippen molar-refractivity contribution in [2.45, 2.75) is 24.2 Å². The number of hydrogen-bond acceptors (Lipinski definition) is 8. The smallest absolute Gasteiger partial charge is 0.283 e. The molecule has 168 valence electrons. The number of rotatable bonds is 4. The number of alkyl halides is 1. The molecule has 1 saturated heterocycles. The predicted molar refractivity (Wildman–Crippen MR) is 108 cm³/mol. The molecule has 32 heavy (non-hydrogen) atoms. The number of amides is 1. The molecule has 1 fully saturated rings. The Balaban J connectivity index is 1.46. The van der Waals surface area contributed by atoms with Crippen molar-refractivity contribution in [1.82, 2.24) is 4.98 Å². The van der Waals surface area contributed by atoms with E-state index < -0.39 is 36.1 Å². The zero-order valence-corrected chi connectivity index (χ0v) is 16.8. The first-order chi connectivity index (χ1) is 15.5. The molecule has 11 heteroatoms. The quantitative estimate of drug-likeness (QED) is 0.737. The number of carbonyl (C=O) groups is 1. The number of hydrogen-bond donors (Lipinski definition) is 2. The maximum atomic E-state index is 14.9. The van der Waals surface area contributed by atoms with Crippen LogP contribution in [0.2, 0.25) is 0 Å². The molecule has 1 amide bonds. The van der Waals surface area contributed by atoms with Crippen molar-refractivity contribution in [2.75, 3.05) is 31.8 Å². The second kappa shape index (κ2) is 7.90. The summed E-state index contributed by atoms with van der Waals surface area (Å²) in [4.78, 5) is 20.9. The van der Waals surface area contributed by atoms with E-state index in [1.165, 1.54) is 24.4 Å². The molecule has 0 aliphatic carbocycles. The van der Waals surface area contributed by atoms with Gasteiger partial charge in [-0.25, -0.2) is 18.8 Å². The van der Waals surface area contributed by atoms with E-state index in [2.05, 4.69) is 15.3 Å². The molecule has 3 N–H and O–H groups in total. The van der Waals surface area contributed by atoms with E-state index in [0.29, 0.717) is 37.7 Å². The van der Waals surface area contributed by atoms with Crippen LogP contribution in [-0.2, 0) is 15.0 Å². The van der Waals surface area contributed by atoms with Crippen molar-refractivity contribution in [1.29, 1.82) is 0 Å². The van der Waals surface area contributed by atoms with Crippen LogP contribution in [-0.4, -0.2) is 55.6 Å². The van der Waals surface area contributed by atoms with Crippen LogP contribution in [0.3, 0.4) is 0 Å². The molecule has 0 unspecified atom stereocenters. The van der Waals surface area contributed by atoms with E-state index in [-0.39, 0.29) is 23.0 Å². The maximum absolute atomic E-state index is 14.9. The van der Waals surface area contributed by atoms with Gasteiger partial charge in [0.1, 0.15) is 43.6 Å². The summed E-state index contributed by atoms with van der Waals surface area (Å²) in [6, 6.07) is 5.04. The first kappa shape index (κ1) is 20.4. The average Bonchev–Trinajstić information content (AvgIpc) is 3.28. The molecule has 1 aromatic heterocycles. The number of aromatic nitrogens is 1. The second-order valence-electron chi connectivity index (χ2n) is 7.61. The first-order valence-corrected chi connectivity index (χ1v) is 10.1. The number of fused-ring (bicyclic) bond motifs is 2. The molecule has 2 aromatic rings. The largest absolute Gasteiger partial charge is 0.486 e. The Hall–Kier alpha value is -3.47. The lowest BCUT2D eigenvalue weighted by atomic mass is 9.82. The molecule has 0 bridgehead atoms. The first-order valence-electron chi connectivity index (χ1n) is 10.1. The van der Waals surface area contributed by atoms with Gasteiger partial charge in [-0.05, 0) is 18.2 Å². The number of nitrogens with one attached hydrogen (secondary N) is 1. The molecule has 0 spiro atoms. The van der Waals surface area contributed by atoms with Gasteiger partial charge in [0.15, 0.2) is 17.0 Å². The van der Waals surface area contributed by atoms with Gasteiger partial charge in [0.25, 0.3) is 11.9 Å². The number of ether oxygens (including phenoxy) is 4. The highest BCUT2D eigenvalue weighted by Gasteiger charge is 2.54. The minimum Gasteiger partial charge on any atom is -0.486 e. The Morgan fingerprint density at radius 2 is 2.03 bits per heavy atom. The highest BCUT2D eigenvalue weighted by Crippen LogP contribution is 2.43. The van der Waals surface area contributed by atoms with Gasteiger partial charge in [-0.3, -0.25) is 4.79 Å². The van der Waals surface area contributed by atoms with Crippen LogP contribution in [0.25, 0.3) is 0 Å². The van der Waals surface area contributed by atoms with Gasteiger partial charge in [0, 0.05) is 23.7 Å². The second-order valence-corrected chi connectivity index (χ2v) is 7.61. The fraction of sp³-hybridized carbons (Fsp3) is 0.381. The summed E-state index contributed by atoms with van der Waals surface area (Å²) < 4.78 is 51.3. The third kappa shape index (κ3) is 3.38. The monoisotopic (exact) mass is 446 g/mol. The summed E-state index contributed by atoms with van der Waals surface area (Å²) in [7, 11) is 0. The molecule has 3 atom stereocenters. The number of benzene rings is 1. The standard InChI is InChI=1S/C21H20F2N4O5/c22-10-21(18-15(3-4-31-18)32-20(24)27-21)12-7-11(1-2-13(12)23)26-19(28)14-8-16-17(9-25-14)30-6-5-29-16/h1-2,7-9,15,18H,3-6,10H2,(H2,24,27)(H,26,28)/t15-,18+,21-/m1/s1. The van der Waals surface area contributed by atoms with Crippen LogP contribution in [0.5, 0.6) is 11.5 Å². The minimum absolute atomic E-state index is 0.0767. The van der Waals surface area contributed by atoms with E-state index >= 15 is 0 Å². The van der Waals surface area contributed by atoms with E-state index in [4.69, 9.17) is 24.7 Å². The lowest BCUT2D eigenvalue weighted by Crippen LogP contribution is -2.53. The number of aliphatic imine (C=N–C) groups is 1. The number of nitrogens with zero attached hydrogens (tertiary/aromatic N) is 2. The van der Waals surface area contributed by atoms with Gasteiger partial charge in [0.2, 0.25) is 0 Å². The highest BCUT2D eigenvalue weighted by atomic mass is 19.1. The van der Waals surface area contributed by atoms with Crippen LogP contribution < -0.4 is 20.5 Å². The molecule has 0 radical (unpaired) electrons. The molecule has 3 aliphatic rings. The van der Waals surface area contributed by atoms with Gasteiger partial charge in [0.05, 0.1) is 12.8 Å². The van der Waals surface area contributed by atoms with Crippen molar-refractivity contribution in [2.24, 2.45) is 10.7 Å². The molecule has 4 heterocycles. The normalized spacial score (nSPS) is 26.0. The number of halogens is 2. The Morgan fingerprint density at radius 1 is 1.22 bits per heavy atom. The van der Waals surface area contributed by atoms with Gasteiger partial charge in [-0.1, -0.05) is 0 Å². The van der Waals surface area contributed by atoms with Crippen molar-refractivity contribution >= 4 is 17.6 Å². The summed E-state index contributed by atoms with van der Waals surface area (Å²) in [5, 5.41) is 2.65. The fourth-order valence-electron chi connectivity index (χ4n) is 4.17. The van der Waals surface area contributed by atoms with E-state index in [1.54, 1.807) is 0 Å². The van der Waals surface area contributed by atoms with Crippen LogP contribution in [0.1, 0.15) is 22.5 Å². The van der Waals surface area contributed by atoms with E-state index in [0.717, 1.165) is 6.07 Å². The van der Waals surface area contributed by atoms with Crippen LogP contribution in [0.15, 0.2) is 35.5 Å². The fourth-order valence-corrected chi connectivity index (χ4v) is 4.17. The van der Waals surface area contributed by atoms with Crippen molar-refractivity contribution in [3.05, 3.63) is 47.5 Å². The number of nitrogens with two attached hydrogens (primary N) is 1. The summed E-state index contributed by atoms with van der Waals surface area (Å²) in [5.74, 6) is -0.406. The lowest BCUT2D eigenvalue weighted by molar-refractivity contribution is -0.0337. The molecule has 9 nitrogen and oxygen atoms in total. The Labute approximate surface area is 181 Å². The highest BCUT2D eigenvalue weighted by molar-refractivity contribution is 6.03. The Morgan fingerprint density at radius 3 is 2.84 bits per heavy atom. The van der Waals surface area contributed by atoms with Gasteiger partial charge in [-0.15, -0.1) is 0 Å². The third-order valence-electron chi connectivity index (χ3n) is 5.65. The van der Waals surface area contributed by atoms with Gasteiger partial charge in [-0.2, -0.15) is 0 Å². The van der Waals surface area contributed by atoms with Crippen LogP contribution in [0.4, 0.5) is 14.5 Å². The van der Waals surface area contributed by atoms with Crippen molar-refractivity contribution < 1.29 is 32.5 Å². The van der Waals surface area contributed by atoms with Gasteiger partial charge >= 0.3 is 0 Å². The van der Waals surface area contributed by atoms with Crippen molar-refractivity contribution in [3.8, 4) is 11.5 Å². The van der Waals surface area contributed by atoms with Crippen LogP contribution in [0, 0.1) is 5.82 Å². The maximum Gasteiger partial charge on any atom is 0.283 e. The topological polar surface area (TPSA) is 117 Å². The third-order valence-corrected chi connectivity index (χ3v) is 5.65. The van der Waals surface area contributed by atoms with Crippen LogP contribution >= 0.6 is 0 Å². The predicted octanol–water partition coefficient (Wildman–Crippen LogP) is 1.91. The zero-order chi connectivity index (χ0) is 22.3. The summed E-state index contributed by atoms with van der Waals surface area (Å²) in [6.07, 6.45) is 0.494. The summed E-state index contributed by atoms with van der Waals surface area (Å²) >= 11 is 0. The Kier molecular flexibility index (Phi) is 5.04. The lowest BCUT2D eigenvalue weighted by Gasteiger charge is -2.39. The molecular formula is C21H20F2N4O5. The molecule has 1 aromatic carbocycles. The average molecular weight is 446 g/mol. The zero-order valence-electron chi connectivity index (χ0n) is 16.8. The number of carbonyl (C=O) groups excluding carboxylic acids is 1. The Bertz CT molecular complexity index is 1100. The minimum atomic E-state index is -1.72. The number of pyridine rings is 1. The molecular weight excluding hydrogens is 426 g/mol. The number of amidine groups is 1. The summed E-state index contributed by atoms with van der Waals surface area (Å²) in [6.45, 7) is 0.0186. The van der Waals surface area contributed by atoms with Crippen molar-refractivity contribution in [3.63, 3.8) is 0 Å². The van der Waals surface area contributed by atoms with E-state index in [1.807, 2.05) is 0 Å². The molecule has 5 rings (SSSR count).